The highest BCUT2D eigenvalue weighted by Gasteiger charge is 2.45. The van der Waals surface area contributed by atoms with Crippen molar-refractivity contribution in [3.05, 3.63) is 52.6 Å². The Morgan fingerprint density at radius 3 is 1.59 bits per heavy atom. The van der Waals surface area contributed by atoms with Crippen LogP contribution >= 0.6 is 11.6 Å². The first kappa shape index (κ1) is 33.5. The van der Waals surface area contributed by atoms with Gasteiger partial charge in [-0.3, -0.25) is 0 Å². The minimum absolute atomic E-state index is 0.298. The average Bonchev–Trinajstić information content (AvgIpc) is 3.00. The summed E-state index contributed by atoms with van der Waals surface area (Å²) in [5, 5.41) is -0.804. The maximum absolute atomic E-state index is 15.2. The van der Waals surface area contributed by atoms with Crippen LogP contribution in [-0.2, 0) is 0 Å². The van der Waals surface area contributed by atoms with Gasteiger partial charge in [-0.05, 0) is 111 Å². The van der Waals surface area contributed by atoms with Gasteiger partial charge in [0.1, 0.15) is 34.0 Å². The molecule has 0 aliphatic heterocycles. The summed E-state index contributed by atoms with van der Waals surface area (Å²) >= 11 is 5.45. The molecular weight excluding hydrogens is 598 g/mol. The van der Waals surface area contributed by atoms with E-state index in [1.807, 2.05) is 0 Å². The molecule has 0 bridgehead atoms. The van der Waals surface area contributed by atoms with E-state index < -0.39 is 57.2 Å². The number of hydrogen-bond acceptors (Lipinski definition) is 1. The predicted molar refractivity (Wildman–Crippen MR) is 163 cm³/mol. The van der Waals surface area contributed by atoms with Crippen molar-refractivity contribution in [2.24, 2.45) is 35.5 Å². The lowest BCUT2D eigenvalue weighted by Crippen LogP contribution is -2.38. The Hall–Kier alpha value is -1.89. The topological polar surface area (TPSA) is 9.23 Å². The van der Waals surface area contributed by atoms with Crippen molar-refractivity contribution < 1.29 is 31.1 Å². The largest absolute Gasteiger partial charge is 0.432 e. The maximum Gasteiger partial charge on any atom is 0.400 e. The third-order valence-corrected chi connectivity index (χ3v) is 11.4. The van der Waals surface area contributed by atoms with E-state index in [0.717, 1.165) is 17.8 Å². The zero-order valence-electron chi connectivity index (χ0n) is 25.6. The minimum atomic E-state index is -3.60. The van der Waals surface area contributed by atoms with Crippen LogP contribution in [-0.4, -0.2) is 6.11 Å². The first-order valence-corrected chi connectivity index (χ1v) is 17.1. The van der Waals surface area contributed by atoms with Crippen LogP contribution in [0, 0.1) is 58.8 Å². The van der Waals surface area contributed by atoms with E-state index in [9.17, 15) is 17.6 Å². The molecule has 5 rings (SSSR count). The van der Waals surface area contributed by atoms with Crippen LogP contribution in [0.25, 0.3) is 11.1 Å². The van der Waals surface area contributed by atoms with Gasteiger partial charge in [0, 0.05) is 12.1 Å². The number of halogens is 7. The highest BCUT2D eigenvalue weighted by molar-refractivity contribution is 6.31. The van der Waals surface area contributed by atoms with Crippen molar-refractivity contribution >= 4 is 11.6 Å². The number of ether oxygens (including phenoxy) is 1. The fourth-order valence-electron chi connectivity index (χ4n) is 8.47. The van der Waals surface area contributed by atoms with Gasteiger partial charge >= 0.3 is 6.11 Å². The van der Waals surface area contributed by atoms with Gasteiger partial charge in [0.05, 0.1) is 11.5 Å². The summed E-state index contributed by atoms with van der Waals surface area (Å²) in [5.74, 6) is -2.99. The highest BCUT2D eigenvalue weighted by Crippen LogP contribution is 2.48. The van der Waals surface area contributed by atoms with Crippen molar-refractivity contribution in [1.29, 1.82) is 0 Å². The Morgan fingerprint density at radius 2 is 1.11 bits per heavy atom. The molecule has 3 aliphatic rings. The molecule has 44 heavy (non-hydrogen) atoms. The molecule has 0 aromatic heterocycles. The number of alkyl halides is 2. The minimum Gasteiger partial charge on any atom is -0.432 e. The molecule has 0 atom stereocenters. The molecule has 1 nitrogen and oxygen atoms in total. The number of rotatable bonds is 10. The number of unbranched alkanes of at least 4 members (excludes halogenated alkanes) is 2. The zero-order valence-corrected chi connectivity index (χ0v) is 26.4. The first-order valence-electron chi connectivity index (χ1n) is 16.8. The van der Waals surface area contributed by atoms with Gasteiger partial charge in [-0.25, -0.2) is 17.6 Å². The summed E-state index contributed by atoms with van der Waals surface area (Å²) in [6, 6.07) is 2.63. The molecule has 3 saturated carbocycles. The standard InChI is InChI=1S/C36H45ClF6O/c1-2-3-4-5-22-6-8-23(9-7-22)24-10-12-25(13-11-24)26-14-16-28(17-15-26)36(42,43)44-29-20-30(38)34(31(39)21-29)27-18-32(40)35(37)33(41)19-27/h18-26,28H,2-17H2,1H3. The molecule has 0 unspecified atom stereocenters. The molecule has 2 aromatic carbocycles. The molecule has 8 heteroatoms. The lowest BCUT2D eigenvalue weighted by atomic mass is 9.65. The van der Waals surface area contributed by atoms with Gasteiger partial charge in [0.2, 0.25) is 0 Å². The second kappa shape index (κ2) is 14.7. The summed E-state index contributed by atoms with van der Waals surface area (Å²) in [4.78, 5) is 0. The van der Waals surface area contributed by atoms with Crippen LogP contribution in [0.5, 0.6) is 5.75 Å². The summed E-state index contributed by atoms with van der Waals surface area (Å²) in [6.07, 6.45) is 14.3. The van der Waals surface area contributed by atoms with Crippen LogP contribution in [0.2, 0.25) is 5.02 Å². The van der Waals surface area contributed by atoms with Crippen molar-refractivity contribution in [3.8, 4) is 16.9 Å². The van der Waals surface area contributed by atoms with E-state index in [1.54, 1.807) is 0 Å². The summed E-state index contributed by atoms with van der Waals surface area (Å²) in [6.45, 7) is 2.26. The van der Waals surface area contributed by atoms with Crippen LogP contribution in [0.3, 0.4) is 0 Å². The monoisotopic (exact) mass is 642 g/mol. The molecule has 244 valence electrons. The van der Waals surface area contributed by atoms with Crippen LogP contribution in [0.4, 0.5) is 26.3 Å². The van der Waals surface area contributed by atoms with Crippen LogP contribution < -0.4 is 4.74 Å². The Bertz CT molecular complexity index is 1200. The van der Waals surface area contributed by atoms with Crippen molar-refractivity contribution in [2.75, 3.05) is 0 Å². The zero-order chi connectivity index (χ0) is 31.4. The van der Waals surface area contributed by atoms with Gasteiger partial charge in [-0.2, -0.15) is 8.78 Å². The van der Waals surface area contributed by atoms with Gasteiger partial charge in [-0.1, -0.05) is 57.0 Å². The van der Waals surface area contributed by atoms with Gasteiger partial charge < -0.3 is 4.74 Å². The predicted octanol–water partition coefficient (Wildman–Crippen LogP) is 12.5. The second-order valence-corrected chi connectivity index (χ2v) is 14.1. The van der Waals surface area contributed by atoms with E-state index in [1.165, 1.54) is 77.0 Å². The Morgan fingerprint density at radius 1 is 0.659 bits per heavy atom. The molecule has 3 aliphatic carbocycles. The molecule has 0 N–H and O–H groups in total. The molecule has 3 fully saturated rings. The molecular formula is C36H45ClF6O. The van der Waals surface area contributed by atoms with E-state index in [2.05, 4.69) is 6.92 Å². The Balaban J connectivity index is 1.10. The smallest absolute Gasteiger partial charge is 0.400 e. The van der Waals surface area contributed by atoms with E-state index in [4.69, 9.17) is 16.3 Å². The van der Waals surface area contributed by atoms with Crippen LogP contribution in [0.1, 0.15) is 110 Å². The molecule has 2 aromatic rings. The average molecular weight is 643 g/mol. The quantitative estimate of drug-likeness (QED) is 0.142. The molecule has 0 saturated heterocycles. The highest BCUT2D eigenvalue weighted by atomic mass is 35.5. The summed E-state index contributed by atoms with van der Waals surface area (Å²) < 4.78 is 92.6. The normalized spacial score (nSPS) is 28.2. The fourth-order valence-corrected chi connectivity index (χ4v) is 8.58. The third kappa shape index (κ3) is 7.90. The summed E-state index contributed by atoms with van der Waals surface area (Å²) in [5.41, 5.74) is -1.18. The van der Waals surface area contributed by atoms with Crippen molar-refractivity contribution in [3.63, 3.8) is 0 Å². The van der Waals surface area contributed by atoms with Gasteiger partial charge in [-0.15, -0.1) is 0 Å². The fraction of sp³-hybridized carbons (Fsp3) is 0.667. The van der Waals surface area contributed by atoms with Gasteiger partial charge in [0.15, 0.2) is 0 Å². The number of hydrogen-bond donors (Lipinski definition) is 0. The Labute approximate surface area is 263 Å². The van der Waals surface area contributed by atoms with Gasteiger partial charge in [0.25, 0.3) is 0 Å². The molecule has 0 spiro atoms. The molecule has 0 radical (unpaired) electrons. The first-order chi connectivity index (χ1) is 21.1. The van der Waals surface area contributed by atoms with E-state index in [0.29, 0.717) is 61.8 Å². The van der Waals surface area contributed by atoms with Crippen LogP contribution in [0.15, 0.2) is 24.3 Å². The molecule has 0 heterocycles. The molecule has 0 amide bonds. The van der Waals surface area contributed by atoms with Crippen molar-refractivity contribution in [1.82, 2.24) is 0 Å². The van der Waals surface area contributed by atoms with E-state index >= 15 is 8.78 Å². The maximum atomic E-state index is 15.2. The van der Waals surface area contributed by atoms with Crippen molar-refractivity contribution in [2.45, 2.75) is 116 Å². The lowest BCUT2D eigenvalue weighted by molar-refractivity contribution is -0.224. The lowest BCUT2D eigenvalue weighted by Gasteiger charge is -2.42. The second-order valence-electron chi connectivity index (χ2n) is 13.7. The third-order valence-electron chi connectivity index (χ3n) is 11.0. The van der Waals surface area contributed by atoms with E-state index in [-0.39, 0.29) is 0 Å². The number of benzene rings is 2. The SMILES string of the molecule is CCCCCC1CCC(C2CCC(C3CCC(C(F)(F)Oc4cc(F)c(-c5cc(F)c(Cl)c(F)c5)c(F)c4)CC3)CC2)CC1. The Kier molecular flexibility index (Phi) is 11.2. The summed E-state index contributed by atoms with van der Waals surface area (Å²) in [7, 11) is 0.